The van der Waals surface area contributed by atoms with Gasteiger partial charge in [-0.1, -0.05) is 26.0 Å². The third-order valence-corrected chi connectivity index (χ3v) is 3.38. The minimum atomic E-state index is 0.248. The van der Waals surface area contributed by atoms with Crippen molar-refractivity contribution in [2.75, 3.05) is 5.73 Å². The van der Waals surface area contributed by atoms with Crippen molar-refractivity contribution < 1.29 is 0 Å². The van der Waals surface area contributed by atoms with Gasteiger partial charge in [0.25, 0.3) is 0 Å². The highest BCUT2D eigenvalue weighted by Gasteiger charge is 2.17. The molecular formula is C13H19N5. The number of aromatic nitrogens is 4. The van der Waals surface area contributed by atoms with Gasteiger partial charge in [-0.15, -0.1) is 5.10 Å². The molecule has 0 saturated heterocycles. The number of hydrogen-bond donors (Lipinski definition) is 1. The van der Waals surface area contributed by atoms with Gasteiger partial charge in [0, 0.05) is 11.3 Å². The molecule has 2 aromatic rings. The smallest absolute Gasteiger partial charge is 0.182 e. The Bertz CT molecular complexity index is 544. The maximum Gasteiger partial charge on any atom is 0.182 e. The summed E-state index contributed by atoms with van der Waals surface area (Å²) >= 11 is 0. The van der Waals surface area contributed by atoms with E-state index < -0.39 is 0 Å². The van der Waals surface area contributed by atoms with E-state index in [1.807, 2.05) is 29.8 Å². The lowest BCUT2D eigenvalue weighted by Crippen LogP contribution is -2.14. The van der Waals surface area contributed by atoms with Crippen LogP contribution in [0.2, 0.25) is 0 Å². The normalized spacial score (nSPS) is 12.9. The van der Waals surface area contributed by atoms with Crippen molar-refractivity contribution in [3.8, 4) is 11.4 Å². The number of anilines is 1. The van der Waals surface area contributed by atoms with Gasteiger partial charge in [0.1, 0.15) is 0 Å². The highest BCUT2D eigenvalue weighted by atomic mass is 15.5. The first-order chi connectivity index (χ1) is 8.50. The van der Waals surface area contributed by atoms with Crippen molar-refractivity contribution in [1.29, 1.82) is 0 Å². The molecule has 1 aromatic carbocycles. The molecule has 0 aliphatic rings. The minimum absolute atomic E-state index is 0.248. The second-order valence-electron chi connectivity index (χ2n) is 5.00. The van der Waals surface area contributed by atoms with Gasteiger partial charge >= 0.3 is 0 Å². The van der Waals surface area contributed by atoms with Crippen LogP contribution in [0.5, 0.6) is 0 Å². The lowest BCUT2D eigenvalue weighted by atomic mass is 10.1. The van der Waals surface area contributed by atoms with Gasteiger partial charge in [0.2, 0.25) is 0 Å². The fourth-order valence-corrected chi connectivity index (χ4v) is 1.72. The molecule has 18 heavy (non-hydrogen) atoms. The van der Waals surface area contributed by atoms with Gasteiger partial charge in [0.05, 0.1) is 6.04 Å². The Kier molecular flexibility index (Phi) is 3.32. The Morgan fingerprint density at radius 2 is 1.94 bits per heavy atom. The molecule has 0 saturated carbocycles. The number of tetrazole rings is 1. The van der Waals surface area contributed by atoms with Gasteiger partial charge in [-0.25, -0.2) is 4.68 Å². The van der Waals surface area contributed by atoms with Crippen LogP contribution in [-0.4, -0.2) is 20.2 Å². The molecule has 0 radical (unpaired) electrons. The van der Waals surface area contributed by atoms with E-state index in [0.717, 1.165) is 22.6 Å². The van der Waals surface area contributed by atoms with Crippen molar-refractivity contribution in [1.82, 2.24) is 20.2 Å². The SMILES string of the molecule is Cc1ccc(-c2nnnn2C(C)C(C)C)cc1N. The van der Waals surface area contributed by atoms with E-state index in [-0.39, 0.29) is 6.04 Å². The summed E-state index contributed by atoms with van der Waals surface area (Å²) in [5, 5.41) is 12.0. The maximum absolute atomic E-state index is 5.93. The Morgan fingerprint density at radius 1 is 1.22 bits per heavy atom. The zero-order valence-electron chi connectivity index (χ0n) is 11.3. The molecule has 0 bridgehead atoms. The quantitative estimate of drug-likeness (QED) is 0.843. The average molecular weight is 245 g/mol. The summed E-state index contributed by atoms with van der Waals surface area (Å²) in [7, 11) is 0. The molecule has 0 amide bonds. The molecule has 5 nitrogen and oxygen atoms in total. The molecule has 1 heterocycles. The summed E-state index contributed by atoms with van der Waals surface area (Å²) in [6.45, 7) is 8.40. The molecule has 1 aromatic heterocycles. The highest BCUT2D eigenvalue weighted by Crippen LogP contribution is 2.25. The van der Waals surface area contributed by atoms with E-state index in [2.05, 4.69) is 36.3 Å². The molecule has 0 aliphatic heterocycles. The van der Waals surface area contributed by atoms with E-state index in [1.165, 1.54) is 0 Å². The number of aryl methyl sites for hydroxylation is 1. The predicted molar refractivity (Wildman–Crippen MR) is 72.0 cm³/mol. The molecule has 1 atom stereocenters. The van der Waals surface area contributed by atoms with Gasteiger partial charge in [-0.2, -0.15) is 0 Å². The van der Waals surface area contributed by atoms with E-state index in [0.29, 0.717) is 5.92 Å². The fraction of sp³-hybridized carbons (Fsp3) is 0.462. The minimum Gasteiger partial charge on any atom is -0.398 e. The summed E-state index contributed by atoms with van der Waals surface area (Å²) in [5.41, 5.74) is 8.72. The molecule has 0 spiro atoms. The number of nitrogens with two attached hydrogens (primary N) is 1. The lowest BCUT2D eigenvalue weighted by Gasteiger charge is -2.17. The standard InChI is InChI=1S/C13H19N5/c1-8(2)10(4)18-13(15-16-17-18)11-6-5-9(3)12(14)7-11/h5-8,10H,14H2,1-4H3. The Labute approximate surface area is 107 Å². The number of benzene rings is 1. The maximum atomic E-state index is 5.93. The molecule has 96 valence electrons. The van der Waals surface area contributed by atoms with Crippen LogP contribution in [0.3, 0.4) is 0 Å². The first kappa shape index (κ1) is 12.5. The van der Waals surface area contributed by atoms with Gasteiger partial charge < -0.3 is 5.73 Å². The van der Waals surface area contributed by atoms with Crippen LogP contribution in [-0.2, 0) is 0 Å². The first-order valence-electron chi connectivity index (χ1n) is 6.15. The van der Waals surface area contributed by atoms with Crippen LogP contribution in [0.15, 0.2) is 18.2 Å². The van der Waals surface area contributed by atoms with Crippen LogP contribution in [0.25, 0.3) is 11.4 Å². The number of hydrogen-bond acceptors (Lipinski definition) is 4. The third kappa shape index (κ3) is 2.20. The molecule has 2 rings (SSSR count). The second-order valence-corrected chi connectivity index (χ2v) is 5.00. The van der Waals surface area contributed by atoms with E-state index >= 15 is 0 Å². The zero-order valence-corrected chi connectivity index (χ0v) is 11.3. The van der Waals surface area contributed by atoms with Crippen molar-refractivity contribution in [3.63, 3.8) is 0 Å². The summed E-state index contributed by atoms with van der Waals surface area (Å²) < 4.78 is 1.86. The van der Waals surface area contributed by atoms with Gasteiger partial charge in [-0.3, -0.25) is 0 Å². The van der Waals surface area contributed by atoms with Crippen molar-refractivity contribution in [2.24, 2.45) is 5.92 Å². The van der Waals surface area contributed by atoms with Gasteiger partial charge in [0.15, 0.2) is 5.82 Å². The molecule has 2 N–H and O–H groups in total. The van der Waals surface area contributed by atoms with Crippen LogP contribution in [0.1, 0.15) is 32.4 Å². The summed E-state index contributed by atoms with van der Waals surface area (Å²) in [6.07, 6.45) is 0. The highest BCUT2D eigenvalue weighted by molar-refractivity contribution is 5.63. The van der Waals surface area contributed by atoms with Crippen molar-refractivity contribution >= 4 is 5.69 Å². The largest absolute Gasteiger partial charge is 0.398 e. The van der Waals surface area contributed by atoms with E-state index in [1.54, 1.807) is 0 Å². The fourth-order valence-electron chi connectivity index (χ4n) is 1.72. The zero-order chi connectivity index (χ0) is 13.3. The van der Waals surface area contributed by atoms with E-state index in [4.69, 9.17) is 5.73 Å². The van der Waals surface area contributed by atoms with Crippen molar-refractivity contribution in [3.05, 3.63) is 23.8 Å². The third-order valence-electron chi connectivity index (χ3n) is 3.38. The van der Waals surface area contributed by atoms with Crippen LogP contribution < -0.4 is 5.73 Å². The van der Waals surface area contributed by atoms with Gasteiger partial charge in [-0.05, 0) is 41.8 Å². The molecule has 1 unspecified atom stereocenters. The second kappa shape index (κ2) is 4.76. The van der Waals surface area contributed by atoms with Crippen LogP contribution in [0, 0.1) is 12.8 Å². The molecular weight excluding hydrogens is 226 g/mol. The molecule has 5 heteroatoms. The number of rotatable bonds is 3. The van der Waals surface area contributed by atoms with Crippen LogP contribution in [0.4, 0.5) is 5.69 Å². The lowest BCUT2D eigenvalue weighted by molar-refractivity contribution is 0.371. The molecule has 0 aliphatic carbocycles. The predicted octanol–water partition coefficient (Wildman–Crippen LogP) is 2.45. The molecule has 0 fully saturated rings. The van der Waals surface area contributed by atoms with Crippen molar-refractivity contribution in [2.45, 2.75) is 33.7 Å². The first-order valence-corrected chi connectivity index (χ1v) is 6.15. The Morgan fingerprint density at radius 3 is 2.56 bits per heavy atom. The monoisotopic (exact) mass is 245 g/mol. The van der Waals surface area contributed by atoms with E-state index in [9.17, 15) is 0 Å². The summed E-state index contributed by atoms with van der Waals surface area (Å²) in [5.74, 6) is 1.23. The number of nitrogen functional groups attached to an aromatic ring is 1. The van der Waals surface area contributed by atoms with Crippen LogP contribution >= 0.6 is 0 Å². The number of nitrogens with zero attached hydrogens (tertiary/aromatic N) is 4. The summed E-state index contributed by atoms with van der Waals surface area (Å²) in [4.78, 5) is 0. The Hall–Kier alpha value is -1.91. The summed E-state index contributed by atoms with van der Waals surface area (Å²) in [6, 6.07) is 6.16. The average Bonchev–Trinajstić information content (AvgIpc) is 2.80. The Balaban J connectivity index is 2.45. The topological polar surface area (TPSA) is 69.6 Å².